The van der Waals surface area contributed by atoms with E-state index in [4.69, 9.17) is 5.11 Å². The number of likely N-dealkylation sites (tertiary alicyclic amines) is 1. The lowest BCUT2D eigenvalue weighted by molar-refractivity contribution is -0.146. The number of rotatable bonds is 4. The molecule has 6 nitrogen and oxygen atoms in total. The minimum absolute atomic E-state index is 0.105. The second kappa shape index (κ2) is 6.84. The van der Waals surface area contributed by atoms with Gasteiger partial charge in [-0.15, -0.1) is 0 Å². The predicted octanol–water partition coefficient (Wildman–Crippen LogP) is 2.50. The first-order valence-electron chi connectivity index (χ1n) is 8.02. The second-order valence-electron chi connectivity index (χ2n) is 6.10. The molecule has 132 valence electrons. The number of aliphatic carboxylic acids is 1. The second-order valence-corrected chi connectivity index (χ2v) is 6.10. The van der Waals surface area contributed by atoms with Crippen LogP contribution in [0.2, 0.25) is 0 Å². The maximum absolute atomic E-state index is 12.6. The zero-order valence-electron chi connectivity index (χ0n) is 14.0. The number of carboxylic acids is 1. The number of hydrogen-bond acceptors (Lipinski definition) is 4. The quantitative estimate of drug-likeness (QED) is 0.501. The van der Waals surface area contributed by atoms with Gasteiger partial charge in [0.25, 0.3) is 11.7 Å². The molecule has 6 heteroatoms. The highest BCUT2D eigenvalue weighted by molar-refractivity contribution is 6.46. The zero-order valence-corrected chi connectivity index (χ0v) is 14.0. The first-order chi connectivity index (χ1) is 12.4. The van der Waals surface area contributed by atoms with E-state index in [-0.39, 0.29) is 11.3 Å². The number of Topliss-reactive ketones (excluding diaryl/α,β-unsaturated/α-hetero) is 1. The summed E-state index contributed by atoms with van der Waals surface area (Å²) in [6.45, 7) is 1.26. The van der Waals surface area contributed by atoms with Gasteiger partial charge in [0.2, 0.25) is 0 Å². The molecule has 2 aromatic carbocycles. The fraction of sp³-hybridized carbons (Fsp3) is 0.150. The van der Waals surface area contributed by atoms with Crippen LogP contribution in [-0.2, 0) is 14.4 Å². The molecule has 1 saturated heterocycles. The van der Waals surface area contributed by atoms with Crippen molar-refractivity contribution < 1.29 is 24.6 Å². The van der Waals surface area contributed by atoms with Crippen LogP contribution in [0.5, 0.6) is 0 Å². The van der Waals surface area contributed by atoms with Crippen molar-refractivity contribution in [2.45, 2.75) is 13.0 Å². The standard InChI is InChI=1S/C20H17NO5/c1-12-7-9-14(10-8-12)18(24)16-17(13-5-3-2-4-6-13)21(11-15(22)23)20(26)19(16)25/h2-10,17,24H,11H2,1H3,(H,22,23)/b18-16+/t17-/m0/s1. The average molecular weight is 351 g/mol. The number of hydrogen-bond donors (Lipinski definition) is 2. The van der Waals surface area contributed by atoms with E-state index in [0.29, 0.717) is 11.1 Å². The molecule has 1 aliphatic rings. The lowest BCUT2D eigenvalue weighted by Gasteiger charge is -2.23. The molecule has 1 heterocycles. The Morgan fingerprint density at radius 1 is 1.00 bits per heavy atom. The summed E-state index contributed by atoms with van der Waals surface area (Å²) in [6, 6.07) is 14.5. The van der Waals surface area contributed by atoms with Crippen LogP contribution in [0.25, 0.3) is 5.76 Å². The number of carbonyl (C=O) groups is 3. The number of carboxylic acid groups (broad SMARTS) is 1. The first kappa shape index (κ1) is 17.4. The Morgan fingerprint density at radius 2 is 1.62 bits per heavy atom. The van der Waals surface area contributed by atoms with Crippen LogP contribution in [0.4, 0.5) is 0 Å². The van der Waals surface area contributed by atoms with E-state index in [9.17, 15) is 19.5 Å². The van der Waals surface area contributed by atoms with E-state index in [1.54, 1.807) is 54.6 Å². The summed E-state index contributed by atoms with van der Waals surface area (Å²) in [5, 5.41) is 19.8. The summed E-state index contributed by atoms with van der Waals surface area (Å²) in [5.74, 6) is -3.37. The Morgan fingerprint density at radius 3 is 2.19 bits per heavy atom. The summed E-state index contributed by atoms with van der Waals surface area (Å²) >= 11 is 0. The maximum atomic E-state index is 12.6. The van der Waals surface area contributed by atoms with Crippen molar-refractivity contribution in [3.8, 4) is 0 Å². The minimum atomic E-state index is -1.23. The Hall–Kier alpha value is -3.41. The van der Waals surface area contributed by atoms with Gasteiger partial charge >= 0.3 is 5.97 Å². The van der Waals surface area contributed by atoms with Gasteiger partial charge in [0, 0.05) is 5.56 Å². The molecular formula is C20H17NO5. The highest BCUT2D eigenvalue weighted by Gasteiger charge is 2.46. The molecule has 1 amide bonds. The van der Waals surface area contributed by atoms with Crippen molar-refractivity contribution >= 4 is 23.4 Å². The van der Waals surface area contributed by atoms with Gasteiger partial charge in [-0.1, -0.05) is 60.2 Å². The zero-order chi connectivity index (χ0) is 18.8. The van der Waals surface area contributed by atoms with Crippen molar-refractivity contribution in [1.82, 2.24) is 4.90 Å². The predicted molar refractivity (Wildman–Crippen MR) is 94.3 cm³/mol. The topological polar surface area (TPSA) is 94.9 Å². The van der Waals surface area contributed by atoms with Gasteiger partial charge < -0.3 is 15.1 Å². The smallest absolute Gasteiger partial charge is 0.323 e. The maximum Gasteiger partial charge on any atom is 0.323 e. The number of aliphatic hydroxyl groups is 1. The molecule has 0 saturated carbocycles. The third-order valence-electron chi connectivity index (χ3n) is 4.29. The molecular weight excluding hydrogens is 334 g/mol. The number of amides is 1. The third kappa shape index (κ3) is 3.09. The number of carbonyl (C=O) groups excluding carboxylic acids is 2. The molecule has 0 spiro atoms. The van der Waals surface area contributed by atoms with Gasteiger partial charge in [0.15, 0.2) is 0 Å². The van der Waals surface area contributed by atoms with Gasteiger partial charge in [-0.3, -0.25) is 14.4 Å². The molecule has 0 aromatic heterocycles. The third-order valence-corrected chi connectivity index (χ3v) is 4.29. The number of aryl methyl sites for hydroxylation is 1. The fourth-order valence-corrected chi connectivity index (χ4v) is 3.04. The average Bonchev–Trinajstić information content (AvgIpc) is 2.87. The molecule has 0 aliphatic carbocycles. The number of benzene rings is 2. The molecule has 0 radical (unpaired) electrons. The van der Waals surface area contributed by atoms with Crippen LogP contribution in [-0.4, -0.2) is 39.3 Å². The fourth-order valence-electron chi connectivity index (χ4n) is 3.04. The van der Waals surface area contributed by atoms with E-state index >= 15 is 0 Å². The monoisotopic (exact) mass is 351 g/mol. The van der Waals surface area contributed by atoms with Gasteiger partial charge in [-0.05, 0) is 12.5 Å². The van der Waals surface area contributed by atoms with E-state index in [0.717, 1.165) is 10.5 Å². The van der Waals surface area contributed by atoms with E-state index < -0.39 is 30.2 Å². The van der Waals surface area contributed by atoms with Crippen LogP contribution in [0, 0.1) is 6.92 Å². The van der Waals surface area contributed by atoms with Crippen molar-refractivity contribution in [3.05, 3.63) is 76.9 Å². The highest BCUT2D eigenvalue weighted by Crippen LogP contribution is 2.39. The first-order valence-corrected chi connectivity index (χ1v) is 8.02. The molecule has 1 fully saturated rings. The van der Waals surface area contributed by atoms with E-state index in [2.05, 4.69) is 0 Å². The van der Waals surface area contributed by atoms with Gasteiger partial charge in [0.05, 0.1) is 11.6 Å². The molecule has 26 heavy (non-hydrogen) atoms. The molecule has 2 N–H and O–H groups in total. The van der Waals surface area contributed by atoms with Gasteiger partial charge in [-0.25, -0.2) is 0 Å². The summed E-state index contributed by atoms with van der Waals surface area (Å²) < 4.78 is 0. The largest absolute Gasteiger partial charge is 0.507 e. The Kier molecular flexibility index (Phi) is 4.58. The van der Waals surface area contributed by atoms with Gasteiger partial charge in [0.1, 0.15) is 12.3 Å². The van der Waals surface area contributed by atoms with Crippen molar-refractivity contribution in [3.63, 3.8) is 0 Å². The van der Waals surface area contributed by atoms with E-state index in [1.807, 2.05) is 6.92 Å². The molecule has 1 aliphatic heterocycles. The van der Waals surface area contributed by atoms with Crippen LogP contribution in [0.1, 0.15) is 22.7 Å². The van der Waals surface area contributed by atoms with Crippen molar-refractivity contribution in [1.29, 1.82) is 0 Å². The summed E-state index contributed by atoms with van der Waals surface area (Å²) in [4.78, 5) is 37.1. The molecule has 3 rings (SSSR count). The molecule has 0 unspecified atom stereocenters. The summed E-state index contributed by atoms with van der Waals surface area (Å²) in [5.41, 5.74) is 1.82. The lowest BCUT2D eigenvalue weighted by atomic mass is 9.95. The molecule has 2 aromatic rings. The number of ketones is 1. The van der Waals surface area contributed by atoms with Crippen molar-refractivity contribution in [2.24, 2.45) is 0 Å². The Labute approximate surface area is 150 Å². The Balaban J connectivity index is 2.18. The van der Waals surface area contributed by atoms with Crippen LogP contribution in [0.15, 0.2) is 60.2 Å². The van der Waals surface area contributed by atoms with Crippen molar-refractivity contribution in [2.75, 3.05) is 6.54 Å². The minimum Gasteiger partial charge on any atom is -0.507 e. The highest BCUT2D eigenvalue weighted by atomic mass is 16.4. The normalized spacial score (nSPS) is 19.0. The number of nitrogens with zero attached hydrogens (tertiary/aromatic N) is 1. The molecule has 0 bridgehead atoms. The van der Waals surface area contributed by atoms with Crippen LogP contribution < -0.4 is 0 Å². The van der Waals surface area contributed by atoms with Crippen LogP contribution >= 0.6 is 0 Å². The summed E-state index contributed by atoms with van der Waals surface area (Å²) in [6.07, 6.45) is 0. The SMILES string of the molecule is Cc1ccc(/C(O)=C2\C(=O)C(=O)N(CC(=O)O)[C@H]2c2ccccc2)cc1. The summed E-state index contributed by atoms with van der Waals surface area (Å²) in [7, 11) is 0. The Bertz CT molecular complexity index is 900. The van der Waals surface area contributed by atoms with E-state index in [1.165, 1.54) is 0 Å². The lowest BCUT2D eigenvalue weighted by Crippen LogP contribution is -2.34. The molecule has 1 atom stereocenters. The number of aliphatic hydroxyl groups excluding tert-OH is 1. The van der Waals surface area contributed by atoms with Crippen LogP contribution in [0.3, 0.4) is 0 Å². The van der Waals surface area contributed by atoms with Gasteiger partial charge in [-0.2, -0.15) is 0 Å².